The van der Waals surface area contributed by atoms with E-state index in [0.29, 0.717) is 21.5 Å². The van der Waals surface area contributed by atoms with Gasteiger partial charge in [0.2, 0.25) is 0 Å². The van der Waals surface area contributed by atoms with E-state index in [1.54, 1.807) is 0 Å². The fourth-order valence-corrected chi connectivity index (χ4v) is 4.80. The summed E-state index contributed by atoms with van der Waals surface area (Å²) in [5, 5.41) is 0. The van der Waals surface area contributed by atoms with Gasteiger partial charge < -0.3 is 0 Å². The highest BCUT2D eigenvalue weighted by atomic mass is 127. The Morgan fingerprint density at radius 1 is 1.17 bits per heavy atom. The van der Waals surface area contributed by atoms with Gasteiger partial charge in [-0.3, -0.25) is 4.79 Å². The predicted octanol–water partition coefficient (Wildman–Crippen LogP) is 2.43. The van der Waals surface area contributed by atoms with Crippen molar-refractivity contribution < 1.29 is 4.79 Å². The summed E-state index contributed by atoms with van der Waals surface area (Å²) in [6.07, 6.45) is 5.10. The zero-order chi connectivity index (χ0) is 8.29. The Bertz CT molecular complexity index is 238. The molecule has 5 atom stereocenters. The number of rotatable bonds is 0. The van der Waals surface area contributed by atoms with Crippen LogP contribution in [0.15, 0.2) is 0 Å². The van der Waals surface area contributed by atoms with Crippen LogP contribution in [-0.2, 0) is 4.79 Å². The Morgan fingerprint density at radius 2 is 2.00 bits per heavy atom. The summed E-state index contributed by atoms with van der Waals surface area (Å²) in [7, 11) is 0. The van der Waals surface area contributed by atoms with Gasteiger partial charge in [0, 0.05) is 15.8 Å². The lowest BCUT2D eigenvalue weighted by Crippen LogP contribution is -2.51. The van der Waals surface area contributed by atoms with E-state index in [1.807, 2.05) is 0 Å². The second kappa shape index (κ2) is 2.46. The maximum absolute atomic E-state index is 11.8. The maximum Gasteiger partial charge on any atom is 0.140 e. The Morgan fingerprint density at radius 3 is 2.83 bits per heavy atom. The summed E-state index contributed by atoms with van der Waals surface area (Å²) < 4.78 is 0.683. The lowest BCUT2D eigenvalue weighted by atomic mass is 9.56. The zero-order valence-electron chi connectivity index (χ0n) is 7.00. The molecule has 0 amide bonds. The standard InChI is InChI=1S/C10H13IO/c11-9-6-1-5-2-7(4-6)10(12)8(9)3-5/h5-9H,1-4H2/t5-,6+,7+,8-,9+/m1/s1. The van der Waals surface area contributed by atoms with Gasteiger partial charge in [-0.25, -0.2) is 0 Å². The van der Waals surface area contributed by atoms with E-state index in [0.717, 1.165) is 11.8 Å². The number of carbonyl (C=O) groups is 1. The Kier molecular flexibility index (Phi) is 1.59. The van der Waals surface area contributed by atoms with E-state index < -0.39 is 0 Å². The number of hydrogen-bond acceptors (Lipinski definition) is 1. The van der Waals surface area contributed by atoms with Crippen LogP contribution in [-0.4, -0.2) is 9.71 Å². The number of carbonyl (C=O) groups excluding carboxylic acids is 1. The lowest BCUT2D eigenvalue weighted by Gasteiger charge is -2.51. The third-order valence-electron chi connectivity index (χ3n) is 4.03. The first kappa shape index (κ1) is 7.77. The number of Topliss-reactive ketones (excluding diaryl/α,β-unsaturated/α-hetero) is 1. The van der Waals surface area contributed by atoms with E-state index >= 15 is 0 Å². The smallest absolute Gasteiger partial charge is 0.140 e. The first-order chi connectivity index (χ1) is 5.75. The van der Waals surface area contributed by atoms with Crippen molar-refractivity contribution in [3.8, 4) is 0 Å². The average molecular weight is 276 g/mol. The summed E-state index contributed by atoms with van der Waals surface area (Å²) in [4.78, 5) is 11.8. The van der Waals surface area contributed by atoms with Gasteiger partial charge in [-0.1, -0.05) is 22.6 Å². The molecule has 4 rings (SSSR count). The molecule has 0 radical (unpaired) electrons. The van der Waals surface area contributed by atoms with Gasteiger partial charge in [-0.2, -0.15) is 0 Å². The Labute approximate surface area is 86.4 Å². The van der Waals surface area contributed by atoms with Gasteiger partial charge in [-0.15, -0.1) is 0 Å². The zero-order valence-corrected chi connectivity index (χ0v) is 9.16. The summed E-state index contributed by atoms with van der Waals surface area (Å²) in [6.45, 7) is 0. The van der Waals surface area contributed by atoms with Crippen LogP contribution < -0.4 is 0 Å². The second-order valence-corrected chi connectivity index (χ2v) is 6.16. The first-order valence-corrected chi connectivity index (χ1v) is 6.18. The SMILES string of the molecule is O=C1[C@H]2C[C@H]3C[C@@H](C2)[C@H](I)[C@H]1C3. The minimum absolute atomic E-state index is 0.460. The molecule has 4 aliphatic carbocycles. The van der Waals surface area contributed by atoms with Crippen molar-refractivity contribution in [2.45, 2.75) is 29.6 Å². The molecule has 2 heteroatoms. The van der Waals surface area contributed by atoms with Crippen molar-refractivity contribution in [2.24, 2.45) is 23.7 Å². The van der Waals surface area contributed by atoms with Crippen molar-refractivity contribution in [3.05, 3.63) is 0 Å². The second-order valence-electron chi connectivity index (χ2n) is 4.72. The molecule has 4 aliphatic rings. The molecule has 0 heterocycles. The van der Waals surface area contributed by atoms with Crippen LogP contribution in [0.1, 0.15) is 25.7 Å². The molecule has 0 aromatic heterocycles. The molecule has 0 spiro atoms. The quantitative estimate of drug-likeness (QED) is 0.490. The molecule has 0 aromatic carbocycles. The van der Waals surface area contributed by atoms with Crippen LogP contribution in [0.2, 0.25) is 0 Å². The van der Waals surface area contributed by atoms with E-state index in [9.17, 15) is 4.79 Å². The predicted molar refractivity (Wildman–Crippen MR) is 55.2 cm³/mol. The van der Waals surface area contributed by atoms with Crippen LogP contribution in [0.4, 0.5) is 0 Å². The summed E-state index contributed by atoms with van der Waals surface area (Å²) in [5.41, 5.74) is 0. The molecule has 0 aliphatic heterocycles. The van der Waals surface area contributed by atoms with Gasteiger partial charge in [0.05, 0.1) is 0 Å². The van der Waals surface area contributed by atoms with Gasteiger partial charge in [-0.05, 0) is 37.5 Å². The fourth-order valence-electron chi connectivity index (χ4n) is 3.56. The molecule has 4 saturated carbocycles. The summed E-state index contributed by atoms with van der Waals surface area (Å²) in [5.74, 6) is 3.37. The molecule has 4 bridgehead atoms. The van der Waals surface area contributed by atoms with E-state index in [-0.39, 0.29) is 0 Å². The average Bonchev–Trinajstić information content (AvgIpc) is 2.07. The number of ketones is 1. The van der Waals surface area contributed by atoms with E-state index in [2.05, 4.69) is 22.6 Å². The number of halogens is 1. The minimum Gasteiger partial charge on any atom is -0.299 e. The van der Waals surface area contributed by atoms with Crippen molar-refractivity contribution in [1.82, 2.24) is 0 Å². The van der Waals surface area contributed by atoms with Crippen LogP contribution in [0.25, 0.3) is 0 Å². The number of alkyl halides is 1. The minimum atomic E-state index is 0.460. The molecule has 66 valence electrons. The normalized spacial score (nSPS) is 56.4. The van der Waals surface area contributed by atoms with Crippen LogP contribution >= 0.6 is 22.6 Å². The number of hydrogen-bond donors (Lipinski definition) is 0. The van der Waals surface area contributed by atoms with Crippen molar-refractivity contribution >= 4 is 28.4 Å². The highest BCUT2D eigenvalue weighted by Gasteiger charge is 2.52. The van der Waals surface area contributed by atoms with Crippen molar-refractivity contribution in [3.63, 3.8) is 0 Å². The molecule has 4 fully saturated rings. The molecule has 1 nitrogen and oxygen atoms in total. The lowest BCUT2D eigenvalue weighted by molar-refractivity contribution is -0.138. The topological polar surface area (TPSA) is 17.1 Å². The molecule has 0 unspecified atom stereocenters. The molecule has 0 N–H and O–H groups in total. The maximum atomic E-state index is 11.8. The van der Waals surface area contributed by atoms with Gasteiger partial charge >= 0.3 is 0 Å². The van der Waals surface area contributed by atoms with Crippen molar-refractivity contribution in [2.75, 3.05) is 0 Å². The largest absolute Gasteiger partial charge is 0.299 e. The third-order valence-corrected chi connectivity index (χ3v) is 5.92. The van der Waals surface area contributed by atoms with Crippen molar-refractivity contribution in [1.29, 1.82) is 0 Å². The highest BCUT2D eigenvalue weighted by Crippen LogP contribution is 2.54. The van der Waals surface area contributed by atoms with Crippen LogP contribution in [0, 0.1) is 23.7 Å². The van der Waals surface area contributed by atoms with Gasteiger partial charge in [0.15, 0.2) is 0 Å². The molecular weight excluding hydrogens is 263 g/mol. The fraction of sp³-hybridized carbons (Fsp3) is 0.900. The monoisotopic (exact) mass is 276 g/mol. The molecule has 0 aromatic rings. The Balaban J connectivity index is 1.98. The van der Waals surface area contributed by atoms with E-state index in [1.165, 1.54) is 25.7 Å². The van der Waals surface area contributed by atoms with E-state index in [4.69, 9.17) is 0 Å². The van der Waals surface area contributed by atoms with Crippen LogP contribution in [0.5, 0.6) is 0 Å². The molecule has 0 saturated heterocycles. The molecular formula is C10H13IO. The first-order valence-electron chi connectivity index (χ1n) is 4.93. The Hall–Kier alpha value is 0.400. The third kappa shape index (κ3) is 0.875. The van der Waals surface area contributed by atoms with Crippen LogP contribution in [0.3, 0.4) is 0 Å². The van der Waals surface area contributed by atoms with Gasteiger partial charge in [0.1, 0.15) is 5.78 Å². The summed E-state index contributed by atoms with van der Waals surface area (Å²) >= 11 is 2.52. The highest BCUT2D eigenvalue weighted by molar-refractivity contribution is 14.1. The van der Waals surface area contributed by atoms with Gasteiger partial charge in [0.25, 0.3) is 0 Å². The summed E-state index contributed by atoms with van der Waals surface area (Å²) in [6, 6.07) is 0. The molecule has 12 heavy (non-hydrogen) atoms.